The molecule has 7 nitrogen and oxygen atoms in total. The van der Waals surface area contributed by atoms with Gasteiger partial charge in [0.1, 0.15) is 6.10 Å². The molecule has 1 unspecified atom stereocenters. The highest BCUT2D eigenvalue weighted by molar-refractivity contribution is 7.89. The molecule has 0 aliphatic carbocycles. The summed E-state index contributed by atoms with van der Waals surface area (Å²) < 4.78 is 76.2. The molecule has 2 aromatic rings. The van der Waals surface area contributed by atoms with Gasteiger partial charge in [0.25, 0.3) is 0 Å². The zero-order chi connectivity index (χ0) is 20.4. The Kier molecular flexibility index (Phi) is 5.75. The Hall–Kier alpha value is -2.40. The number of hydrogen-bond donors (Lipinski definition) is 0. The van der Waals surface area contributed by atoms with Crippen LogP contribution in [0.15, 0.2) is 41.4 Å². The largest absolute Gasteiger partial charge is 0.473 e. The smallest absolute Gasteiger partial charge is 0.416 e. The van der Waals surface area contributed by atoms with Crippen LogP contribution in [-0.4, -0.2) is 49.0 Å². The minimum Gasteiger partial charge on any atom is -0.473 e. The van der Waals surface area contributed by atoms with Crippen LogP contribution in [0.2, 0.25) is 0 Å². The number of sulfonamides is 1. The van der Waals surface area contributed by atoms with Crippen LogP contribution >= 0.6 is 0 Å². The highest BCUT2D eigenvalue weighted by Gasteiger charge is 2.35. The lowest BCUT2D eigenvalue weighted by Gasteiger charge is -2.31. The van der Waals surface area contributed by atoms with E-state index in [-0.39, 0.29) is 25.0 Å². The third-order valence-corrected chi connectivity index (χ3v) is 6.08. The van der Waals surface area contributed by atoms with E-state index < -0.39 is 32.8 Å². The summed E-state index contributed by atoms with van der Waals surface area (Å²) in [5.41, 5.74) is -1.01. The number of ether oxygens (including phenoxy) is 2. The number of halogens is 3. The van der Waals surface area contributed by atoms with E-state index in [1.165, 1.54) is 19.4 Å². The van der Waals surface area contributed by atoms with Crippen molar-refractivity contribution < 1.29 is 31.1 Å². The van der Waals surface area contributed by atoms with Crippen LogP contribution < -0.4 is 9.47 Å². The fourth-order valence-electron chi connectivity index (χ4n) is 2.86. The van der Waals surface area contributed by atoms with Gasteiger partial charge in [-0.05, 0) is 31.0 Å². The molecule has 1 aliphatic rings. The summed E-state index contributed by atoms with van der Waals surface area (Å²) in [5, 5.41) is 0. The van der Waals surface area contributed by atoms with Gasteiger partial charge in [-0.3, -0.25) is 0 Å². The molecular formula is C17H18F3N3O4S. The van der Waals surface area contributed by atoms with Gasteiger partial charge in [-0.25, -0.2) is 13.4 Å². The summed E-state index contributed by atoms with van der Waals surface area (Å²) in [6, 6.07) is 5.36. The molecule has 28 heavy (non-hydrogen) atoms. The van der Waals surface area contributed by atoms with Crippen LogP contribution in [0.25, 0.3) is 0 Å². The summed E-state index contributed by atoms with van der Waals surface area (Å²) in [6.45, 7) is 0.205. The summed E-state index contributed by atoms with van der Waals surface area (Å²) in [4.78, 5) is 7.49. The average Bonchev–Trinajstić information content (AvgIpc) is 2.68. The van der Waals surface area contributed by atoms with Crippen molar-refractivity contribution in [2.24, 2.45) is 0 Å². The monoisotopic (exact) mass is 417 g/mol. The van der Waals surface area contributed by atoms with Crippen molar-refractivity contribution in [3.05, 3.63) is 42.1 Å². The SMILES string of the molecule is COc1nccc(OC2CCCN(S(=O)(=O)c3cccc(C(F)(F)F)c3)C2)n1. The lowest BCUT2D eigenvalue weighted by molar-refractivity contribution is -0.137. The number of nitrogens with zero attached hydrogens (tertiary/aromatic N) is 3. The van der Waals surface area contributed by atoms with Crippen LogP contribution in [0.5, 0.6) is 11.9 Å². The minimum absolute atomic E-state index is 0.00486. The molecule has 3 rings (SSSR count). The Balaban J connectivity index is 1.77. The number of piperidine rings is 1. The molecule has 2 heterocycles. The Bertz CT molecular complexity index is 937. The van der Waals surface area contributed by atoms with Gasteiger partial charge >= 0.3 is 12.2 Å². The van der Waals surface area contributed by atoms with Gasteiger partial charge in [0.15, 0.2) is 0 Å². The van der Waals surface area contributed by atoms with Crippen molar-refractivity contribution in [1.29, 1.82) is 0 Å². The fourth-order valence-corrected chi connectivity index (χ4v) is 4.42. The maximum Gasteiger partial charge on any atom is 0.416 e. The summed E-state index contributed by atoms with van der Waals surface area (Å²) in [6.07, 6.45) is -2.58. The van der Waals surface area contributed by atoms with Gasteiger partial charge in [0.2, 0.25) is 15.9 Å². The molecule has 152 valence electrons. The first-order chi connectivity index (χ1) is 13.2. The zero-order valence-corrected chi connectivity index (χ0v) is 15.7. The number of aromatic nitrogens is 2. The second kappa shape index (κ2) is 7.92. The van der Waals surface area contributed by atoms with Crippen molar-refractivity contribution >= 4 is 10.0 Å². The quantitative estimate of drug-likeness (QED) is 0.744. The van der Waals surface area contributed by atoms with Gasteiger partial charge in [-0.15, -0.1) is 0 Å². The molecule has 11 heteroatoms. The van der Waals surface area contributed by atoms with Crippen molar-refractivity contribution in [1.82, 2.24) is 14.3 Å². The lowest BCUT2D eigenvalue weighted by Crippen LogP contribution is -2.44. The Morgan fingerprint density at radius 1 is 1.25 bits per heavy atom. The summed E-state index contributed by atoms with van der Waals surface area (Å²) in [7, 11) is -2.68. The van der Waals surface area contributed by atoms with Gasteiger partial charge in [0.05, 0.1) is 24.1 Å². The van der Waals surface area contributed by atoms with E-state index >= 15 is 0 Å². The first-order valence-electron chi connectivity index (χ1n) is 8.41. The molecule has 1 saturated heterocycles. The van der Waals surface area contributed by atoms with Crippen LogP contribution in [0.1, 0.15) is 18.4 Å². The van der Waals surface area contributed by atoms with E-state index in [1.54, 1.807) is 0 Å². The average molecular weight is 417 g/mol. The summed E-state index contributed by atoms with van der Waals surface area (Å²) in [5.74, 6) is 0.232. The van der Waals surface area contributed by atoms with E-state index in [0.717, 1.165) is 22.5 Å². The van der Waals surface area contributed by atoms with Crippen molar-refractivity contribution in [2.45, 2.75) is 30.0 Å². The predicted octanol–water partition coefficient (Wildman–Crippen LogP) is 2.74. The Morgan fingerprint density at radius 2 is 2.04 bits per heavy atom. The molecule has 0 amide bonds. The number of rotatable bonds is 5. The van der Waals surface area contributed by atoms with Crippen LogP contribution in [0, 0.1) is 0 Å². The number of hydrogen-bond acceptors (Lipinski definition) is 6. The van der Waals surface area contributed by atoms with E-state index in [1.807, 2.05) is 0 Å². The number of alkyl halides is 3. The zero-order valence-electron chi connectivity index (χ0n) is 14.9. The van der Waals surface area contributed by atoms with Crippen molar-refractivity contribution in [3.63, 3.8) is 0 Å². The molecular weight excluding hydrogens is 399 g/mol. The van der Waals surface area contributed by atoms with Crippen LogP contribution in [0.4, 0.5) is 13.2 Å². The number of benzene rings is 1. The first kappa shape index (κ1) is 20.3. The van der Waals surface area contributed by atoms with Gasteiger partial charge in [-0.1, -0.05) is 6.07 Å². The van der Waals surface area contributed by atoms with Crippen LogP contribution in [-0.2, 0) is 16.2 Å². The molecule has 1 aromatic heterocycles. The molecule has 1 atom stereocenters. The van der Waals surface area contributed by atoms with E-state index in [0.29, 0.717) is 18.9 Å². The molecule has 0 radical (unpaired) electrons. The fraction of sp³-hybridized carbons (Fsp3) is 0.412. The minimum atomic E-state index is -4.62. The summed E-state index contributed by atoms with van der Waals surface area (Å²) >= 11 is 0. The maximum atomic E-state index is 12.9. The standard InChI is InChI=1S/C17H18F3N3O4S/c1-26-16-21-8-7-15(22-16)27-13-5-3-9-23(11-13)28(24,25)14-6-2-4-12(10-14)17(18,19)20/h2,4,6-8,10,13H,3,5,9,11H2,1H3. The Labute approximate surface area is 160 Å². The normalized spacial score (nSPS) is 18.6. The lowest BCUT2D eigenvalue weighted by atomic mass is 10.1. The van der Waals surface area contributed by atoms with Gasteiger partial charge in [-0.2, -0.15) is 22.5 Å². The molecule has 0 N–H and O–H groups in total. The Morgan fingerprint density at radius 3 is 2.75 bits per heavy atom. The molecule has 1 fully saturated rings. The van der Waals surface area contributed by atoms with E-state index in [2.05, 4.69) is 9.97 Å². The maximum absolute atomic E-state index is 12.9. The van der Waals surface area contributed by atoms with Gasteiger partial charge < -0.3 is 9.47 Å². The molecule has 1 aromatic carbocycles. The first-order valence-corrected chi connectivity index (χ1v) is 9.85. The highest BCUT2D eigenvalue weighted by atomic mass is 32.2. The second-order valence-electron chi connectivity index (χ2n) is 6.15. The molecule has 0 spiro atoms. The highest BCUT2D eigenvalue weighted by Crippen LogP contribution is 2.31. The van der Waals surface area contributed by atoms with Crippen molar-refractivity contribution in [3.8, 4) is 11.9 Å². The van der Waals surface area contributed by atoms with E-state index in [9.17, 15) is 21.6 Å². The van der Waals surface area contributed by atoms with Gasteiger partial charge in [0, 0.05) is 18.8 Å². The predicted molar refractivity (Wildman–Crippen MR) is 92.4 cm³/mol. The molecule has 1 aliphatic heterocycles. The van der Waals surface area contributed by atoms with E-state index in [4.69, 9.17) is 9.47 Å². The third-order valence-electron chi connectivity index (χ3n) is 4.22. The molecule has 0 bridgehead atoms. The second-order valence-corrected chi connectivity index (χ2v) is 8.09. The van der Waals surface area contributed by atoms with Crippen molar-refractivity contribution in [2.75, 3.05) is 20.2 Å². The molecule has 0 saturated carbocycles. The number of methoxy groups -OCH3 is 1. The van der Waals surface area contributed by atoms with Crippen LogP contribution in [0.3, 0.4) is 0 Å². The topological polar surface area (TPSA) is 81.6 Å². The third kappa shape index (κ3) is 4.53.